The molecule has 2 nitrogen and oxygen atoms in total. The van der Waals surface area contributed by atoms with Gasteiger partial charge in [-0.25, -0.2) is 0 Å². The van der Waals surface area contributed by atoms with E-state index in [1.807, 2.05) is 6.20 Å². The van der Waals surface area contributed by atoms with Crippen molar-refractivity contribution in [1.29, 1.82) is 0 Å². The monoisotopic (exact) mass is 204 g/mol. The number of aromatic nitrogens is 1. The van der Waals surface area contributed by atoms with Gasteiger partial charge in [-0.2, -0.15) is 0 Å². The van der Waals surface area contributed by atoms with Gasteiger partial charge in [-0.05, 0) is 41.8 Å². The quantitative estimate of drug-likeness (QED) is 0.775. The Bertz CT molecular complexity index is 457. The zero-order valence-corrected chi connectivity index (χ0v) is 8.63. The van der Waals surface area contributed by atoms with E-state index in [0.717, 1.165) is 18.4 Å². The highest BCUT2D eigenvalue weighted by Crippen LogP contribution is 2.36. The van der Waals surface area contributed by atoms with E-state index in [1.54, 1.807) is 11.3 Å². The third-order valence-electron chi connectivity index (χ3n) is 2.97. The summed E-state index contributed by atoms with van der Waals surface area (Å²) >= 11 is 1.76. The number of thiophene rings is 1. The van der Waals surface area contributed by atoms with Gasteiger partial charge in [-0.15, -0.1) is 11.3 Å². The van der Waals surface area contributed by atoms with Crippen molar-refractivity contribution < 1.29 is 0 Å². The van der Waals surface area contributed by atoms with E-state index in [1.165, 1.54) is 10.3 Å². The SMILES string of the molecule is NC1CC(c2cnc3ccsc3c2)C1. The molecule has 0 radical (unpaired) electrons. The molecule has 14 heavy (non-hydrogen) atoms. The lowest BCUT2D eigenvalue weighted by atomic mass is 9.77. The molecule has 0 amide bonds. The van der Waals surface area contributed by atoms with Gasteiger partial charge < -0.3 is 5.73 Å². The van der Waals surface area contributed by atoms with Crippen molar-refractivity contribution in [2.75, 3.05) is 0 Å². The Hall–Kier alpha value is -0.930. The summed E-state index contributed by atoms with van der Waals surface area (Å²) in [7, 11) is 0. The highest BCUT2D eigenvalue weighted by atomic mass is 32.1. The molecule has 0 atom stereocenters. The van der Waals surface area contributed by atoms with E-state index >= 15 is 0 Å². The molecule has 0 unspecified atom stereocenters. The topological polar surface area (TPSA) is 38.9 Å². The first-order valence-electron chi connectivity index (χ1n) is 4.91. The predicted molar refractivity (Wildman–Crippen MR) is 59.6 cm³/mol. The van der Waals surface area contributed by atoms with Crippen molar-refractivity contribution in [2.45, 2.75) is 24.8 Å². The van der Waals surface area contributed by atoms with Gasteiger partial charge >= 0.3 is 0 Å². The largest absolute Gasteiger partial charge is 0.328 e. The molecular formula is C11H12N2S. The molecule has 0 spiro atoms. The number of pyridine rings is 1. The lowest BCUT2D eigenvalue weighted by Crippen LogP contribution is -2.34. The van der Waals surface area contributed by atoms with Gasteiger partial charge in [0.15, 0.2) is 0 Å². The van der Waals surface area contributed by atoms with Crippen LogP contribution in [0.3, 0.4) is 0 Å². The van der Waals surface area contributed by atoms with Crippen LogP contribution in [0.2, 0.25) is 0 Å². The van der Waals surface area contributed by atoms with Crippen molar-refractivity contribution in [3.63, 3.8) is 0 Å². The molecule has 2 aromatic heterocycles. The van der Waals surface area contributed by atoms with Crippen LogP contribution >= 0.6 is 11.3 Å². The smallest absolute Gasteiger partial charge is 0.0809 e. The minimum Gasteiger partial charge on any atom is -0.328 e. The van der Waals surface area contributed by atoms with E-state index in [2.05, 4.69) is 22.5 Å². The maximum absolute atomic E-state index is 5.78. The molecule has 1 fully saturated rings. The van der Waals surface area contributed by atoms with E-state index in [0.29, 0.717) is 12.0 Å². The highest BCUT2D eigenvalue weighted by molar-refractivity contribution is 7.17. The Morgan fingerprint density at radius 1 is 1.43 bits per heavy atom. The molecule has 2 aromatic rings. The van der Waals surface area contributed by atoms with Gasteiger partial charge in [0, 0.05) is 12.2 Å². The third-order valence-corrected chi connectivity index (χ3v) is 3.82. The van der Waals surface area contributed by atoms with Gasteiger partial charge in [0.2, 0.25) is 0 Å². The Kier molecular flexibility index (Phi) is 1.82. The lowest BCUT2D eigenvalue weighted by Gasteiger charge is -2.32. The summed E-state index contributed by atoms with van der Waals surface area (Å²) in [5.41, 5.74) is 8.26. The number of fused-ring (bicyclic) bond motifs is 1. The molecule has 0 aromatic carbocycles. The van der Waals surface area contributed by atoms with Crippen LogP contribution in [0.25, 0.3) is 10.2 Å². The Morgan fingerprint density at radius 2 is 2.29 bits per heavy atom. The maximum atomic E-state index is 5.78. The number of nitrogens with two attached hydrogens (primary N) is 1. The zero-order valence-electron chi connectivity index (χ0n) is 7.81. The summed E-state index contributed by atoms with van der Waals surface area (Å²) in [5, 5.41) is 2.09. The molecule has 1 aliphatic carbocycles. The molecule has 1 aliphatic rings. The molecule has 3 rings (SSSR count). The fourth-order valence-corrected chi connectivity index (χ4v) is 2.81. The molecule has 3 heteroatoms. The Labute approximate surface area is 86.8 Å². The summed E-state index contributed by atoms with van der Waals surface area (Å²) in [5.74, 6) is 0.656. The van der Waals surface area contributed by atoms with Crippen molar-refractivity contribution in [3.05, 3.63) is 29.3 Å². The second-order valence-corrected chi connectivity index (χ2v) is 4.95. The fourth-order valence-electron chi connectivity index (χ4n) is 2.02. The minimum absolute atomic E-state index is 0.416. The summed E-state index contributed by atoms with van der Waals surface area (Å²) in [6, 6.07) is 4.75. The summed E-state index contributed by atoms with van der Waals surface area (Å²) in [4.78, 5) is 4.44. The summed E-state index contributed by atoms with van der Waals surface area (Å²) in [6.07, 6.45) is 4.25. The molecule has 2 N–H and O–H groups in total. The van der Waals surface area contributed by atoms with E-state index < -0.39 is 0 Å². The van der Waals surface area contributed by atoms with Crippen LogP contribution in [-0.4, -0.2) is 11.0 Å². The van der Waals surface area contributed by atoms with Crippen molar-refractivity contribution in [2.24, 2.45) is 5.73 Å². The van der Waals surface area contributed by atoms with Gasteiger partial charge in [0.05, 0.1) is 10.2 Å². The van der Waals surface area contributed by atoms with Crippen LogP contribution in [0.1, 0.15) is 24.3 Å². The third kappa shape index (κ3) is 1.24. The molecular weight excluding hydrogens is 192 g/mol. The van der Waals surface area contributed by atoms with Gasteiger partial charge in [0.25, 0.3) is 0 Å². The second kappa shape index (κ2) is 3.04. The summed E-state index contributed by atoms with van der Waals surface area (Å²) < 4.78 is 1.29. The standard InChI is InChI=1S/C11H12N2S/c12-9-3-7(4-9)8-5-11-10(13-6-8)1-2-14-11/h1-2,5-7,9H,3-4,12H2. The highest BCUT2D eigenvalue weighted by Gasteiger charge is 2.27. The molecule has 72 valence electrons. The predicted octanol–water partition coefficient (Wildman–Crippen LogP) is 2.50. The number of hydrogen-bond donors (Lipinski definition) is 1. The fraction of sp³-hybridized carbons (Fsp3) is 0.364. The molecule has 0 aliphatic heterocycles. The zero-order chi connectivity index (χ0) is 9.54. The normalized spacial score (nSPS) is 26.4. The van der Waals surface area contributed by atoms with Crippen molar-refractivity contribution in [1.82, 2.24) is 4.98 Å². The second-order valence-electron chi connectivity index (χ2n) is 4.00. The van der Waals surface area contributed by atoms with Crippen LogP contribution in [0.15, 0.2) is 23.7 Å². The van der Waals surface area contributed by atoms with E-state index in [-0.39, 0.29) is 0 Å². The maximum Gasteiger partial charge on any atom is 0.0809 e. The van der Waals surface area contributed by atoms with Crippen molar-refractivity contribution in [3.8, 4) is 0 Å². The van der Waals surface area contributed by atoms with Gasteiger partial charge in [-0.3, -0.25) is 4.98 Å². The first kappa shape index (κ1) is 8.38. The number of hydrogen-bond acceptors (Lipinski definition) is 3. The molecule has 0 bridgehead atoms. The van der Waals surface area contributed by atoms with Crippen LogP contribution in [0.5, 0.6) is 0 Å². The van der Waals surface area contributed by atoms with Gasteiger partial charge in [0.1, 0.15) is 0 Å². The number of rotatable bonds is 1. The van der Waals surface area contributed by atoms with Crippen LogP contribution in [-0.2, 0) is 0 Å². The first-order valence-corrected chi connectivity index (χ1v) is 5.79. The van der Waals surface area contributed by atoms with E-state index in [9.17, 15) is 0 Å². The molecule has 2 heterocycles. The lowest BCUT2D eigenvalue weighted by molar-refractivity contribution is 0.351. The van der Waals surface area contributed by atoms with E-state index in [4.69, 9.17) is 5.73 Å². The average Bonchev–Trinajstić information content (AvgIpc) is 2.59. The van der Waals surface area contributed by atoms with Crippen LogP contribution < -0.4 is 5.73 Å². The van der Waals surface area contributed by atoms with Crippen LogP contribution in [0, 0.1) is 0 Å². The van der Waals surface area contributed by atoms with Crippen molar-refractivity contribution >= 4 is 21.6 Å². The molecule has 0 saturated heterocycles. The summed E-state index contributed by atoms with van der Waals surface area (Å²) in [6.45, 7) is 0. The number of nitrogens with zero attached hydrogens (tertiary/aromatic N) is 1. The average molecular weight is 204 g/mol. The minimum atomic E-state index is 0.416. The molecule has 1 saturated carbocycles. The Balaban J connectivity index is 1.97. The Morgan fingerprint density at radius 3 is 3.07 bits per heavy atom. The van der Waals surface area contributed by atoms with Crippen LogP contribution in [0.4, 0.5) is 0 Å². The first-order chi connectivity index (χ1) is 6.83. The van der Waals surface area contributed by atoms with Gasteiger partial charge in [-0.1, -0.05) is 0 Å².